The Hall–Kier alpha value is -1.01. The molecule has 0 heterocycles. The molecule has 1 unspecified atom stereocenters. The number of carbonyl (C=O) groups excluding carboxylic acids is 1. The maximum Gasteiger partial charge on any atom is 0.323 e. The molecule has 5 nitrogen and oxygen atoms in total. The summed E-state index contributed by atoms with van der Waals surface area (Å²) >= 11 is 3.82. The third kappa shape index (κ3) is 3.95. The fraction of sp³-hybridized carbons (Fsp3) is 0.429. The summed E-state index contributed by atoms with van der Waals surface area (Å²) in [5.74, 6) is -1.44. The van der Waals surface area contributed by atoms with Crippen LogP contribution in [0.1, 0.15) is 0 Å². The first-order valence-electron chi connectivity index (χ1n) is 3.54. The summed E-state index contributed by atoms with van der Waals surface area (Å²) in [7, 11) is 0. The van der Waals surface area contributed by atoms with Crippen molar-refractivity contribution in [1.29, 1.82) is 0 Å². The second kappa shape index (κ2) is 5.60. The lowest BCUT2D eigenvalue weighted by Crippen LogP contribution is -2.44. The molecule has 0 aromatic carbocycles. The van der Waals surface area contributed by atoms with Gasteiger partial charge in [0.15, 0.2) is 0 Å². The summed E-state index contributed by atoms with van der Waals surface area (Å²) in [5.41, 5.74) is 5.36. The molecule has 0 saturated heterocycles. The first-order chi connectivity index (χ1) is 6.02. The van der Waals surface area contributed by atoms with Gasteiger partial charge in [0.25, 0.3) is 0 Å². The first kappa shape index (κ1) is 12.0. The van der Waals surface area contributed by atoms with E-state index in [4.69, 9.17) is 10.8 Å². The highest BCUT2D eigenvalue weighted by atomic mass is 32.1. The van der Waals surface area contributed by atoms with Gasteiger partial charge in [0.05, 0.1) is 6.04 Å². The number of nitrogens with zero attached hydrogens (tertiary/aromatic N) is 1. The molecule has 0 fully saturated rings. The van der Waals surface area contributed by atoms with E-state index in [1.54, 1.807) is 0 Å². The highest BCUT2D eigenvalue weighted by Gasteiger charge is 2.19. The van der Waals surface area contributed by atoms with Crippen LogP contribution in [0.2, 0.25) is 0 Å². The number of aliphatic carboxylic acids is 1. The molecule has 0 aromatic rings. The van der Waals surface area contributed by atoms with Gasteiger partial charge in [-0.2, -0.15) is 12.6 Å². The number of amides is 1. The predicted octanol–water partition coefficient (Wildman–Crippen LogP) is -0.700. The second-order valence-electron chi connectivity index (χ2n) is 2.33. The standard InChI is InChI=1S/C7H12N2O3S/c1-2-9(3-6(10)11)7(12)5(8)4-13/h2,5,13H,1,3-4,8H2,(H,10,11). The van der Waals surface area contributed by atoms with Crippen molar-refractivity contribution in [2.75, 3.05) is 12.3 Å². The van der Waals surface area contributed by atoms with E-state index in [1.165, 1.54) is 0 Å². The van der Waals surface area contributed by atoms with Gasteiger partial charge in [0.2, 0.25) is 5.91 Å². The molecule has 0 spiro atoms. The molecule has 0 bridgehead atoms. The van der Waals surface area contributed by atoms with Crippen LogP contribution >= 0.6 is 12.6 Å². The van der Waals surface area contributed by atoms with Crippen molar-refractivity contribution in [3.8, 4) is 0 Å². The Bertz CT molecular complexity index is 220. The van der Waals surface area contributed by atoms with E-state index in [1.807, 2.05) is 0 Å². The lowest BCUT2D eigenvalue weighted by atomic mass is 10.3. The minimum atomic E-state index is -1.11. The fourth-order valence-electron chi connectivity index (χ4n) is 0.669. The van der Waals surface area contributed by atoms with E-state index in [0.717, 1.165) is 11.1 Å². The Morgan fingerprint density at radius 3 is 2.54 bits per heavy atom. The van der Waals surface area contributed by atoms with Crippen molar-refractivity contribution >= 4 is 24.5 Å². The summed E-state index contributed by atoms with van der Waals surface area (Å²) < 4.78 is 0. The number of hydrogen-bond donors (Lipinski definition) is 3. The van der Waals surface area contributed by atoms with Gasteiger partial charge in [0, 0.05) is 12.0 Å². The van der Waals surface area contributed by atoms with Crippen molar-refractivity contribution in [3.05, 3.63) is 12.8 Å². The number of thiol groups is 1. The Morgan fingerprint density at radius 1 is 1.69 bits per heavy atom. The van der Waals surface area contributed by atoms with Crippen LogP contribution in [0.5, 0.6) is 0 Å². The van der Waals surface area contributed by atoms with Crippen LogP contribution in [0.3, 0.4) is 0 Å². The molecule has 6 heteroatoms. The lowest BCUT2D eigenvalue weighted by Gasteiger charge is -2.18. The third-order valence-electron chi connectivity index (χ3n) is 1.32. The van der Waals surface area contributed by atoms with Crippen molar-refractivity contribution in [2.45, 2.75) is 6.04 Å². The van der Waals surface area contributed by atoms with Gasteiger partial charge in [0.1, 0.15) is 6.54 Å². The highest BCUT2D eigenvalue weighted by Crippen LogP contribution is 1.95. The number of carboxylic acid groups (broad SMARTS) is 1. The average molecular weight is 204 g/mol. The van der Waals surface area contributed by atoms with Crippen LogP contribution in [-0.4, -0.2) is 40.2 Å². The first-order valence-corrected chi connectivity index (χ1v) is 4.17. The molecule has 0 radical (unpaired) electrons. The Labute approximate surface area is 81.6 Å². The molecule has 0 saturated carbocycles. The van der Waals surface area contributed by atoms with Crippen molar-refractivity contribution in [3.63, 3.8) is 0 Å². The Balaban J connectivity index is 4.31. The zero-order valence-electron chi connectivity index (χ0n) is 7.01. The van der Waals surface area contributed by atoms with Crippen LogP contribution in [0.25, 0.3) is 0 Å². The zero-order chi connectivity index (χ0) is 10.4. The number of hydrogen-bond acceptors (Lipinski definition) is 4. The van der Waals surface area contributed by atoms with Gasteiger partial charge in [-0.05, 0) is 0 Å². The third-order valence-corrected chi connectivity index (χ3v) is 1.72. The number of carbonyl (C=O) groups is 2. The van der Waals surface area contributed by atoms with Gasteiger partial charge < -0.3 is 15.7 Å². The average Bonchev–Trinajstić information content (AvgIpc) is 2.11. The summed E-state index contributed by atoms with van der Waals surface area (Å²) in [5, 5.41) is 8.42. The fourth-order valence-corrected chi connectivity index (χ4v) is 0.825. The largest absolute Gasteiger partial charge is 0.480 e. The zero-order valence-corrected chi connectivity index (χ0v) is 7.91. The topological polar surface area (TPSA) is 83.6 Å². The van der Waals surface area contributed by atoms with Crippen LogP contribution in [0.4, 0.5) is 0 Å². The van der Waals surface area contributed by atoms with Crippen LogP contribution in [0, 0.1) is 0 Å². The van der Waals surface area contributed by atoms with E-state index < -0.39 is 24.5 Å². The van der Waals surface area contributed by atoms with E-state index in [-0.39, 0.29) is 5.75 Å². The predicted molar refractivity (Wildman–Crippen MR) is 51.4 cm³/mol. The molecule has 13 heavy (non-hydrogen) atoms. The number of nitrogens with two attached hydrogens (primary N) is 1. The summed E-state index contributed by atoms with van der Waals surface area (Å²) in [4.78, 5) is 22.5. The van der Waals surface area contributed by atoms with Crippen molar-refractivity contribution < 1.29 is 14.7 Å². The Kier molecular flexibility index (Phi) is 5.17. The highest BCUT2D eigenvalue weighted by molar-refractivity contribution is 7.80. The van der Waals surface area contributed by atoms with E-state index >= 15 is 0 Å². The van der Waals surface area contributed by atoms with Crippen molar-refractivity contribution in [1.82, 2.24) is 4.90 Å². The molecule has 1 amide bonds. The molecule has 0 aliphatic carbocycles. The van der Waals surface area contributed by atoms with E-state index in [9.17, 15) is 9.59 Å². The minimum Gasteiger partial charge on any atom is -0.480 e. The molecular formula is C7H12N2O3S. The minimum absolute atomic E-state index is 0.169. The maximum atomic E-state index is 11.3. The van der Waals surface area contributed by atoms with Gasteiger partial charge in [-0.15, -0.1) is 0 Å². The van der Waals surface area contributed by atoms with Gasteiger partial charge in [-0.1, -0.05) is 6.58 Å². The normalized spacial score (nSPS) is 11.8. The number of carboxylic acids is 1. The van der Waals surface area contributed by atoms with Crippen LogP contribution in [0.15, 0.2) is 12.8 Å². The SMILES string of the molecule is C=CN(CC(=O)O)C(=O)C(N)CS. The van der Waals surface area contributed by atoms with E-state index in [0.29, 0.717) is 0 Å². The maximum absolute atomic E-state index is 11.3. The smallest absolute Gasteiger partial charge is 0.323 e. The summed E-state index contributed by atoms with van der Waals surface area (Å²) in [6, 6.07) is -0.791. The molecule has 0 rings (SSSR count). The number of rotatable bonds is 5. The van der Waals surface area contributed by atoms with Crippen LogP contribution in [-0.2, 0) is 9.59 Å². The summed E-state index contributed by atoms with van der Waals surface area (Å²) in [6.07, 6.45) is 1.14. The molecule has 3 N–H and O–H groups in total. The van der Waals surface area contributed by atoms with Gasteiger partial charge in [-0.25, -0.2) is 0 Å². The van der Waals surface area contributed by atoms with Gasteiger partial charge >= 0.3 is 5.97 Å². The van der Waals surface area contributed by atoms with Gasteiger partial charge in [-0.3, -0.25) is 9.59 Å². The second-order valence-corrected chi connectivity index (χ2v) is 2.70. The van der Waals surface area contributed by atoms with E-state index in [2.05, 4.69) is 19.2 Å². The van der Waals surface area contributed by atoms with Crippen molar-refractivity contribution in [2.24, 2.45) is 5.73 Å². The summed E-state index contributed by atoms with van der Waals surface area (Å²) in [6.45, 7) is 2.89. The van der Waals surface area contributed by atoms with Crippen LogP contribution < -0.4 is 5.73 Å². The molecule has 0 aromatic heterocycles. The molecular weight excluding hydrogens is 192 g/mol. The molecule has 1 atom stereocenters. The Morgan fingerprint density at radius 2 is 2.23 bits per heavy atom. The lowest BCUT2D eigenvalue weighted by molar-refractivity contribution is -0.142. The molecule has 0 aliphatic heterocycles. The molecule has 74 valence electrons. The quantitative estimate of drug-likeness (QED) is 0.517. The monoisotopic (exact) mass is 204 g/mol. The molecule has 0 aliphatic rings.